The van der Waals surface area contributed by atoms with E-state index < -0.39 is 0 Å². The number of amides is 1. The number of thiocarbonyl (C=S) groups is 1. The highest BCUT2D eigenvalue weighted by atomic mass is 32.1. The average Bonchev–Trinajstić information content (AvgIpc) is 2.16. The Bertz CT molecular complexity index is 370. The highest BCUT2D eigenvalue weighted by molar-refractivity contribution is 7.81. The molecule has 15 heavy (non-hydrogen) atoms. The van der Waals surface area contributed by atoms with Crippen molar-refractivity contribution in [1.82, 2.24) is 0 Å². The van der Waals surface area contributed by atoms with Crippen LogP contribution in [0.4, 0.5) is 0 Å². The summed E-state index contributed by atoms with van der Waals surface area (Å²) in [5.74, 6) is -0.321. The first-order valence-electron chi connectivity index (χ1n) is 4.81. The first-order chi connectivity index (χ1) is 6.93. The van der Waals surface area contributed by atoms with Crippen LogP contribution in [0, 0.1) is 5.41 Å². The molecule has 80 valence electrons. The summed E-state index contributed by atoms with van der Waals surface area (Å²) in [5.41, 5.74) is 5.82. The van der Waals surface area contributed by atoms with Crippen molar-refractivity contribution in [3.63, 3.8) is 0 Å². The van der Waals surface area contributed by atoms with Gasteiger partial charge in [-0.3, -0.25) is 4.79 Å². The summed E-state index contributed by atoms with van der Waals surface area (Å²) in [5, 5.41) is 0. The van der Waals surface area contributed by atoms with Gasteiger partial charge in [-0.2, -0.15) is 0 Å². The van der Waals surface area contributed by atoms with Crippen LogP contribution in [0.3, 0.4) is 0 Å². The van der Waals surface area contributed by atoms with Gasteiger partial charge in [0.15, 0.2) is 0 Å². The van der Waals surface area contributed by atoms with Crippen LogP contribution in [0.15, 0.2) is 30.3 Å². The van der Waals surface area contributed by atoms with Crippen LogP contribution in [-0.2, 0) is 4.79 Å². The molecule has 0 aliphatic carbocycles. The molecule has 2 nitrogen and oxygen atoms in total. The van der Waals surface area contributed by atoms with Gasteiger partial charge in [0.05, 0.1) is 0 Å². The van der Waals surface area contributed by atoms with E-state index in [0.717, 1.165) is 10.4 Å². The lowest BCUT2D eigenvalue weighted by atomic mass is 9.82. The lowest BCUT2D eigenvalue weighted by Crippen LogP contribution is -2.29. The normalized spacial score (nSPS) is 11.1. The molecule has 0 saturated carbocycles. The fraction of sp³-hybridized carbons (Fsp3) is 0.333. The molecule has 0 bridgehead atoms. The number of hydrogen-bond acceptors (Lipinski definition) is 2. The van der Waals surface area contributed by atoms with Crippen molar-refractivity contribution in [2.24, 2.45) is 11.1 Å². The number of primary amides is 1. The molecule has 1 rings (SSSR count). The number of carbonyl (C=O) groups is 1. The Hall–Kier alpha value is -1.22. The highest BCUT2D eigenvalue weighted by Crippen LogP contribution is 2.26. The van der Waals surface area contributed by atoms with Gasteiger partial charge in [-0.05, 0) is 5.56 Å². The monoisotopic (exact) mass is 221 g/mol. The fourth-order valence-corrected chi connectivity index (χ4v) is 1.70. The molecule has 0 unspecified atom stereocenters. The predicted octanol–water partition coefficient (Wildman–Crippen LogP) is 2.31. The molecule has 0 heterocycles. The van der Waals surface area contributed by atoms with E-state index in [2.05, 4.69) is 0 Å². The summed E-state index contributed by atoms with van der Waals surface area (Å²) >= 11 is 5.37. The minimum Gasteiger partial charge on any atom is -0.370 e. The molecule has 0 saturated heterocycles. The third kappa shape index (κ3) is 3.13. The fourth-order valence-electron chi connectivity index (χ4n) is 1.50. The van der Waals surface area contributed by atoms with Gasteiger partial charge in [-0.15, -0.1) is 0 Å². The first-order valence-corrected chi connectivity index (χ1v) is 5.22. The van der Waals surface area contributed by atoms with Gasteiger partial charge < -0.3 is 5.73 Å². The van der Waals surface area contributed by atoms with Crippen LogP contribution in [0.25, 0.3) is 0 Å². The van der Waals surface area contributed by atoms with Crippen molar-refractivity contribution in [2.75, 3.05) is 0 Å². The zero-order valence-corrected chi connectivity index (χ0v) is 9.80. The molecule has 3 heteroatoms. The molecule has 0 aliphatic rings. The maximum Gasteiger partial charge on any atom is 0.218 e. The summed E-state index contributed by atoms with van der Waals surface area (Å²) in [6, 6.07) is 9.70. The van der Waals surface area contributed by atoms with Gasteiger partial charge in [0.2, 0.25) is 5.91 Å². The van der Waals surface area contributed by atoms with Gasteiger partial charge in [0.1, 0.15) is 0 Å². The first kappa shape index (κ1) is 11.9. The van der Waals surface area contributed by atoms with Crippen LogP contribution in [0.5, 0.6) is 0 Å². The average molecular weight is 221 g/mol. The van der Waals surface area contributed by atoms with E-state index in [9.17, 15) is 4.79 Å². The Kier molecular flexibility index (Phi) is 3.58. The molecule has 1 aromatic carbocycles. The molecule has 1 aromatic rings. The summed E-state index contributed by atoms with van der Waals surface area (Å²) in [4.78, 5) is 11.7. The molecule has 0 aliphatic heterocycles. The largest absolute Gasteiger partial charge is 0.370 e. The second-order valence-electron chi connectivity index (χ2n) is 4.22. The van der Waals surface area contributed by atoms with Gasteiger partial charge in [0, 0.05) is 16.7 Å². The molecule has 0 radical (unpaired) electrons. The van der Waals surface area contributed by atoms with E-state index >= 15 is 0 Å². The lowest BCUT2D eigenvalue weighted by Gasteiger charge is -2.24. The van der Waals surface area contributed by atoms with E-state index in [1.165, 1.54) is 0 Å². The second-order valence-corrected chi connectivity index (χ2v) is 4.63. The van der Waals surface area contributed by atoms with E-state index in [1.807, 2.05) is 44.2 Å². The van der Waals surface area contributed by atoms with Crippen LogP contribution in [0.1, 0.15) is 25.8 Å². The van der Waals surface area contributed by atoms with Crippen molar-refractivity contribution in [3.8, 4) is 0 Å². The van der Waals surface area contributed by atoms with Crippen molar-refractivity contribution >= 4 is 23.0 Å². The second kappa shape index (κ2) is 4.53. The van der Waals surface area contributed by atoms with Crippen LogP contribution >= 0.6 is 12.2 Å². The van der Waals surface area contributed by atoms with Crippen molar-refractivity contribution in [3.05, 3.63) is 35.9 Å². The predicted molar refractivity (Wildman–Crippen MR) is 65.7 cm³/mol. The minimum atomic E-state index is -0.359. The molecule has 2 N–H and O–H groups in total. The van der Waals surface area contributed by atoms with Crippen LogP contribution in [0.2, 0.25) is 0 Å². The van der Waals surface area contributed by atoms with Gasteiger partial charge in [-0.1, -0.05) is 56.4 Å². The highest BCUT2D eigenvalue weighted by Gasteiger charge is 2.26. The van der Waals surface area contributed by atoms with E-state index in [1.54, 1.807) is 0 Å². The number of hydrogen-bond donors (Lipinski definition) is 1. The van der Waals surface area contributed by atoms with E-state index in [-0.39, 0.29) is 17.7 Å². The number of rotatable bonds is 4. The van der Waals surface area contributed by atoms with Crippen molar-refractivity contribution in [1.29, 1.82) is 0 Å². The van der Waals surface area contributed by atoms with Crippen LogP contribution in [-0.4, -0.2) is 10.8 Å². The molecular weight excluding hydrogens is 206 g/mol. The summed E-state index contributed by atoms with van der Waals surface area (Å²) < 4.78 is 0. The molecule has 1 amide bonds. The number of benzene rings is 1. The maximum absolute atomic E-state index is 10.9. The standard InChI is InChI=1S/C12H15NOS/c1-12(2,8-10(13)14)11(15)9-6-4-3-5-7-9/h3-7H,8H2,1-2H3,(H2,13,14). The molecule has 0 spiro atoms. The quantitative estimate of drug-likeness (QED) is 0.626. The smallest absolute Gasteiger partial charge is 0.218 e. The molecule has 0 fully saturated rings. The van der Waals surface area contributed by atoms with Gasteiger partial charge in [0.25, 0.3) is 0 Å². The summed E-state index contributed by atoms with van der Waals surface area (Å²) in [6.45, 7) is 3.88. The summed E-state index contributed by atoms with van der Waals surface area (Å²) in [6.07, 6.45) is 0.278. The lowest BCUT2D eigenvalue weighted by molar-refractivity contribution is -0.119. The third-order valence-electron chi connectivity index (χ3n) is 2.27. The number of carbonyl (C=O) groups excluding carboxylic acids is 1. The summed E-state index contributed by atoms with van der Waals surface area (Å²) in [7, 11) is 0. The van der Waals surface area contributed by atoms with Gasteiger partial charge in [-0.25, -0.2) is 0 Å². The van der Waals surface area contributed by atoms with E-state index in [0.29, 0.717) is 0 Å². The molecule has 0 atom stereocenters. The van der Waals surface area contributed by atoms with Crippen molar-refractivity contribution < 1.29 is 4.79 Å². The maximum atomic E-state index is 10.9. The molecule has 0 aromatic heterocycles. The minimum absolute atomic E-state index is 0.278. The topological polar surface area (TPSA) is 43.1 Å². The Labute approximate surface area is 95.5 Å². The van der Waals surface area contributed by atoms with E-state index in [4.69, 9.17) is 18.0 Å². The Morgan fingerprint density at radius 1 is 1.33 bits per heavy atom. The zero-order valence-electron chi connectivity index (χ0n) is 8.99. The Morgan fingerprint density at radius 2 is 1.87 bits per heavy atom. The SMILES string of the molecule is CC(C)(CC(N)=O)C(=S)c1ccccc1. The van der Waals surface area contributed by atoms with Gasteiger partial charge >= 0.3 is 0 Å². The Morgan fingerprint density at radius 3 is 2.33 bits per heavy atom. The third-order valence-corrected chi connectivity index (χ3v) is 3.06. The number of nitrogens with two attached hydrogens (primary N) is 1. The Balaban J connectivity index is 2.89. The van der Waals surface area contributed by atoms with Crippen molar-refractivity contribution in [2.45, 2.75) is 20.3 Å². The molecular formula is C12H15NOS. The van der Waals surface area contributed by atoms with Crippen LogP contribution < -0.4 is 5.73 Å². The zero-order chi connectivity index (χ0) is 11.5.